The minimum Gasteiger partial charge on any atom is -0.386 e. The Hall–Kier alpha value is -0.860. The van der Waals surface area contributed by atoms with Crippen molar-refractivity contribution in [1.82, 2.24) is 0 Å². The zero-order chi connectivity index (χ0) is 12.8. The first-order valence-corrected chi connectivity index (χ1v) is 6.39. The van der Waals surface area contributed by atoms with E-state index in [-0.39, 0.29) is 0 Å². The monoisotopic (exact) mass is 236 g/mol. The normalized spacial score (nSPS) is 12.8. The summed E-state index contributed by atoms with van der Waals surface area (Å²) in [5.74, 6) is 0. The molecule has 1 aromatic carbocycles. The zero-order valence-electron chi connectivity index (χ0n) is 11.4. The summed E-state index contributed by atoms with van der Waals surface area (Å²) in [6.07, 6.45) is 1.67. The molecule has 17 heavy (non-hydrogen) atoms. The van der Waals surface area contributed by atoms with E-state index >= 15 is 0 Å². The molecule has 2 heteroatoms. The predicted octanol–water partition coefficient (Wildman–Crippen LogP) is 3.46. The second-order valence-electron chi connectivity index (χ2n) is 4.76. The second kappa shape index (κ2) is 6.77. The molecule has 1 aromatic rings. The van der Waals surface area contributed by atoms with Gasteiger partial charge < -0.3 is 9.84 Å². The Labute approximate surface area is 105 Å². The molecule has 0 aliphatic heterocycles. The first kappa shape index (κ1) is 14.2. The number of hydrogen-bond donors (Lipinski definition) is 1. The van der Waals surface area contributed by atoms with Gasteiger partial charge in [-0.05, 0) is 43.9 Å². The van der Waals surface area contributed by atoms with Crippen molar-refractivity contribution in [2.75, 3.05) is 13.2 Å². The molecule has 1 N–H and O–H groups in total. The lowest BCUT2D eigenvalue weighted by molar-refractivity contribution is 0.0343. The molecule has 0 heterocycles. The smallest absolute Gasteiger partial charge is 0.103 e. The van der Waals surface area contributed by atoms with Gasteiger partial charge in [-0.2, -0.15) is 0 Å². The average Bonchev–Trinajstić information content (AvgIpc) is 2.23. The van der Waals surface area contributed by atoms with Crippen LogP contribution < -0.4 is 0 Å². The number of aliphatic hydroxyl groups is 1. The van der Waals surface area contributed by atoms with E-state index in [0.29, 0.717) is 6.61 Å². The fourth-order valence-electron chi connectivity index (χ4n) is 2.24. The summed E-state index contributed by atoms with van der Waals surface area (Å²) in [5, 5.41) is 10.1. The maximum Gasteiger partial charge on any atom is 0.103 e. The lowest BCUT2D eigenvalue weighted by Gasteiger charge is -2.17. The summed E-state index contributed by atoms with van der Waals surface area (Å²) in [4.78, 5) is 0. The number of aryl methyl sites for hydroxylation is 3. The van der Waals surface area contributed by atoms with Crippen LogP contribution in [0.4, 0.5) is 0 Å². The van der Waals surface area contributed by atoms with Gasteiger partial charge in [0.2, 0.25) is 0 Å². The van der Waals surface area contributed by atoms with E-state index in [4.69, 9.17) is 4.74 Å². The summed E-state index contributed by atoms with van der Waals surface area (Å²) in [6, 6.07) is 4.22. The molecule has 2 nitrogen and oxygen atoms in total. The van der Waals surface area contributed by atoms with Crippen molar-refractivity contribution in [1.29, 1.82) is 0 Å². The molecule has 0 aliphatic rings. The van der Waals surface area contributed by atoms with E-state index < -0.39 is 6.10 Å². The van der Waals surface area contributed by atoms with Crippen molar-refractivity contribution in [3.8, 4) is 0 Å². The lowest BCUT2D eigenvalue weighted by atomic mass is 9.96. The van der Waals surface area contributed by atoms with Gasteiger partial charge >= 0.3 is 0 Å². The third-order valence-electron chi connectivity index (χ3n) is 2.99. The van der Waals surface area contributed by atoms with Gasteiger partial charge in [-0.3, -0.25) is 0 Å². The highest BCUT2D eigenvalue weighted by molar-refractivity contribution is 5.38. The minimum absolute atomic E-state index is 0.394. The molecule has 96 valence electrons. The summed E-state index contributed by atoms with van der Waals surface area (Å²) in [6.45, 7) is 9.43. The van der Waals surface area contributed by atoms with Crippen molar-refractivity contribution in [2.45, 2.75) is 46.6 Å². The van der Waals surface area contributed by atoms with E-state index in [1.165, 1.54) is 5.56 Å². The van der Waals surface area contributed by atoms with Gasteiger partial charge in [0, 0.05) is 6.61 Å². The number of ether oxygens (including phenoxy) is 1. The number of rotatable bonds is 6. The zero-order valence-corrected chi connectivity index (χ0v) is 11.4. The van der Waals surface area contributed by atoms with E-state index in [9.17, 15) is 5.11 Å². The highest BCUT2D eigenvalue weighted by Crippen LogP contribution is 2.23. The molecule has 0 spiro atoms. The topological polar surface area (TPSA) is 29.5 Å². The van der Waals surface area contributed by atoms with Crippen molar-refractivity contribution in [2.24, 2.45) is 0 Å². The molecular weight excluding hydrogens is 212 g/mol. The molecule has 0 aliphatic carbocycles. The van der Waals surface area contributed by atoms with Gasteiger partial charge in [-0.1, -0.05) is 31.0 Å². The Morgan fingerprint density at radius 1 is 1.18 bits per heavy atom. The van der Waals surface area contributed by atoms with Crippen LogP contribution >= 0.6 is 0 Å². The van der Waals surface area contributed by atoms with Crippen molar-refractivity contribution in [3.05, 3.63) is 34.4 Å². The Morgan fingerprint density at radius 3 is 2.29 bits per heavy atom. The van der Waals surface area contributed by atoms with Crippen LogP contribution in [0.3, 0.4) is 0 Å². The molecule has 0 saturated carbocycles. The number of benzene rings is 1. The summed E-state index contributed by atoms with van der Waals surface area (Å²) < 4.78 is 5.48. The summed E-state index contributed by atoms with van der Waals surface area (Å²) in [7, 11) is 0. The molecular formula is C15H24O2. The van der Waals surface area contributed by atoms with Crippen molar-refractivity contribution >= 4 is 0 Å². The highest BCUT2D eigenvalue weighted by Gasteiger charge is 2.13. The Kier molecular flexibility index (Phi) is 5.66. The van der Waals surface area contributed by atoms with Gasteiger partial charge in [0.05, 0.1) is 6.61 Å². The van der Waals surface area contributed by atoms with Crippen LogP contribution in [0.25, 0.3) is 0 Å². The first-order valence-electron chi connectivity index (χ1n) is 6.39. The van der Waals surface area contributed by atoms with Crippen LogP contribution in [0, 0.1) is 20.8 Å². The molecule has 1 rings (SSSR count). The van der Waals surface area contributed by atoms with Gasteiger partial charge in [0.1, 0.15) is 6.10 Å². The minimum atomic E-state index is -0.507. The predicted molar refractivity (Wildman–Crippen MR) is 71.3 cm³/mol. The maximum absolute atomic E-state index is 10.1. The molecule has 0 amide bonds. The van der Waals surface area contributed by atoms with Crippen LogP contribution in [0.2, 0.25) is 0 Å². The largest absolute Gasteiger partial charge is 0.386 e. The van der Waals surface area contributed by atoms with E-state index in [0.717, 1.165) is 36.1 Å². The van der Waals surface area contributed by atoms with Crippen molar-refractivity contribution < 1.29 is 9.84 Å². The molecule has 0 fully saturated rings. The summed E-state index contributed by atoms with van der Waals surface area (Å²) >= 11 is 0. The Morgan fingerprint density at radius 2 is 1.76 bits per heavy atom. The van der Waals surface area contributed by atoms with E-state index in [1.54, 1.807) is 0 Å². The van der Waals surface area contributed by atoms with Gasteiger partial charge in [-0.15, -0.1) is 0 Å². The third-order valence-corrected chi connectivity index (χ3v) is 2.99. The van der Waals surface area contributed by atoms with Crippen LogP contribution in [0.15, 0.2) is 12.1 Å². The number of unbranched alkanes of at least 4 members (excludes halogenated alkanes) is 1. The standard InChI is InChI=1S/C15H24O2/c1-5-6-7-17-10-14(16)15-12(3)8-11(2)9-13(15)4/h8-9,14,16H,5-7,10H2,1-4H3. The van der Waals surface area contributed by atoms with Crippen LogP contribution in [0.1, 0.15) is 48.1 Å². The quantitative estimate of drug-likeness (QED) is 0.766. The highest BCUT2D eigenvalue weighted by atomic mass is 16.5. The van der Waals surface area contributed by atoms with Gasteiger partial charge in [0.25, 0.3) is 0 Å². The molecule has 1 unspecified atom stereocenters. The summed E-state index contributed by atoms with van der Waals surface area (Å²) in [5.41, 5.74) is 4.55. The molecule has 0 aromatic heterocycles. The molecule has 0 radical (unpaired) electrons. The number of hydrogen-bond acceptors (Lipinski definition) is 2. The Bertz CT molecular complexity index is 335. The van der Waals surface area contributed by atoms with Crippen LogP contribution in [-0.2, 0) is 4.74 Å². The lowest BCUT2D eigenvalue weighted by Crippen LogP contribution is -2.11. The Balaban J connectivity index is 2.65. The average molecular weight is 236 g/mol. The first-order chi connectivity index (χ1) is 8.06. The van der Waals surface area contributed by atoms with Gasteiger partial charge in [0.15, 0.2) is 0 Å². The fraction of sp³-hybridized carbons (Fsp3) is 0.600. The van der Waals surface area contributed by atoms with E-state index in [1.807, 2.05) is 13.8 Å². The number of aliphatic hydroxyl groups excluding tert-OH is 1. The second-order valence-corrected chi connectivity index (χ2v) is 4.76. The molecule has 0 bridgehead atoms. The third kappa shape index (κ3) is 4.14. The maximum atomic E-state index is 10.1. The van der Waals surface area contributed by atoms with Crippen LogP contribution in [-0.4, -0.2) is 18.3 Å². The van der Waals surface area contributed by atoms with Gasteiger partial charge in [-0.25, -0.2) is 0 Å². The molecule has 1 atom stereocenters. The van der Waals surface area contributed by atoms with E-state index in [2.05, 4.69) is 26.0 Å². The molecule has 0 saturated heterocycles. The fourth-order valence-corrected chi connectivity index (χ4v) is 2.24. The van der Waals surface area contributed by atoms with Crippen LogP contribution in [0.5, 0.6) is 0 Å². The SMILES string of the molecule is CCCCOCC(O)c1c(C)cc(C)cc1C. The van der Waals surface area contributed by atoms with Crippen molar-refractivity contribution in [3.63, 3.8) is 0 Å².